The molecular formula is C21H16N2O4S. The Morgan fingerprint density at radius 2 is 1.79 bits per heavy atom. The van der Waals surface area contributed by atoms with Crippen LogP contribution in [0.5, 0.6) is 11.5 Å². The number of carbonyl (C=O) groups excluding carboxylic acids is 1. The van der Waals surface area contributed by atoms with Gasteiger partial charge in [0.25, 0.3) is 5.91 Å². The van der Waals surface area contributed by atoms with Crippen molar-refractivity contribution in [1.29, 1.82) is 0 Å². The highest BCUT2D eigenvalue weighted by Gasteiger charge is 2.23. The molecule has 0 fully saturated rings. The first kappa shape index (κ1) is 18.1. The van der Waals surface area contributed by atoms with Gasteiger partial charge in [-0.15, -0.1) is 0 Å². The van der Waals surface area contributed by atoms with Gasteiger partial charge in [-0.1, -0.05) is 30.3 Å². The number of hydroxylamine groups is 1. The molecule has 2 N–H and O–H groups in total. The Morgan fingerprint density at radius 3 is 2.50 bits per heavy atom. The molecule has 3 aromatic rings. The molecule has 1 unspecified atom stereocenters. The van der Waals surface area contributed by atoms with Crippen LogP contribution in [-0.4, -0.2) is 27.3 Å². The lowest BCUT2D eigenvalue weighted by molar-refractivity contribution is 0.0706. The van der Waals surface area contributed by atoms with E-state index in [-0.39, 0.29) is 0 Å². The third-order valence-corrected chi connectivity index (χ3v) is 5.32. The first-order chi connectivity index (χ1) is 13.6. The Morgan fingerprint density at radius 1 is 1.04 bits per heavy atom. The quantitative estimate of drug-likeness (QED) is 0.410. The van der Waals surface area contributed by atoms with Crippen LogP contribution in [0.2, 0.25) is 0 Å². The highest BCUT2D eigenvalue weighted by molar-refractivity contribution is 7.84. The number of hydrogen-bond acceptors (Lipinski definition) is 5. The maximum atomic E-state index is 12.3. The number of nitrogens with one attached hydrogen (secondary N) is 1. The van der Waals surface area contributed by atoms with E-state index in [1.807, 2.05) is 36.4 Å². The van der Waals surface area contributed by atoms with E-state index >= 15 is 0 Å². The minimum Gasteiger partial charge on any atom is -0.453 e. The molecule has 1 aliphatic rings. The predicted octanol–water partition coefficient (Wildman–Crippen LogP) is 3.82. The summed E-state index contributed by atoms with van der Waals surface area (Å²) in [7, 11) is -1.25. The topological polar surface area (TPSA) is 88.0 Å². The average molecular weight is 392 g/mol. The number of benzene rings is 3. The average Bonchev–Trinajstić information content (AvgIpc) is 2.89. The molecular weight excluding hydrogens is 376 g/mol. The summed E-state index contributed by atoms with van der Waals surface area (Å²) in [5.74, 6) is 0.490. The zero-order valence-corrected chi connectivity index (χ0v) is 15.7. The fourth-order valence-corrected chi connectivity index (χ4v) is 3.71. The zero-order valence-electron chi connectivity index (χ0n) is 14.9. The van der Waals surface area contributed by atoms with Crippen molar-refractivity contribution < 1.29 is 18.9 Å². The number of rotatable bonds is 3. The molecule has 4 rings (SSSR count). The predicted molar refractivity (Wildman–Crippen MR) is 106 cm³/mol. The fourth-order valence-electron chi connectivity index (χ4n) is 3.02. The van der Waals surface area contributed by atoms with Gasteiger partial charge in [0.2, 0.25) is 0 Å². The minimum atomic E-state index is -1.25. The lowest BCUT2D eigenvalue weighted by Crippen LogP contribution is -2.18. The summed E-state index contributed by atoms with van der Waals surface area (Å²) in [6.45, 7) is 0. The van der Waals surface area contributed by atoms with E-state index in [4.69, 9.17) is 14.9 Å². The van der Waals surface area contributed by atoms with E-state index in [9.17, 15) is 9.00 Å². The van der Waals surface area contributed by atoms with Gasteiger partial charge in [-0.25, -0.2) is 10.5 Å². The number of aliphatic imine (C=N–C) groups is 1. The summed E-state index contributed by atoms with van der Waals surface area (Å²) in [5.41, 5.74) is 4.70. The van der Waals surface area contributed by atoms with E-state index in [0.717, 1.165) is 5.56 Å². The second-order valence-corrected chi connectivity index (χ2v) is 7.48. The summed E-state index contributed by atoms with van der Waals surface area (Å²) in [4.78, 5) is 17.0. The van der Waals surface area contributed by atoms with E-state index in [0.29, 0.717) is 38.9 Å². The van der Waals surface area contributed by atoms with Crippen LogP contribution >= 0.6 is 0 Å². The second kappa shape index (κ2) is 7.38. The van der Waals surface area contributed by atoms with Gasteiger partial charge >= 0.3 is 0 Å². The molecule has 3 aromatic carbocycles. The molecule has 0 aliphatic carbocycles. The third-order valence-electron chi connectivity index (χ3n) is 4.38. The first-order valence-electron chi connectivity index (χ1n) is 8.45. The summed E-state index contributed by atoms with van der Waals surface area (Å²) < 4.78 is 18.4. The van der Waals surface area contributed by atoms with Crippen LogP contribution in [0.1, 0.15) is 21.5 Å². The van der Waals surface area contributed by atoms with Crippen LogP contribution in [0.15, 0.2) is 76.6 Å². The zero-order chi connectivity index (χ0) is 19.7. The molecule has 28 heavy (non-hydrogen) atoms. The van der Waals surface area contributed by atoms with Crippen LogP contribution < -0.4 is 10.2 Å². The van der Waals surface area contributed by atoms with Crippen molar-refractivity contribution in [1.82, 2.24) is 5.48 Å². The molecule has 0 spiro atoms. The Kier molecular flexibility index (Phi) is 4.77. The van der Waals surface area contributed by atoms with Gasteiger partial charge in [0, 0.05) is 22.9 Å². The summed E-state index contributed by atoms with van der Waals surface area (Å²) >= 11 is 0. The van der Waals surface area contributed by atoms with E-state index in [1.54, 1.807) is 42.1 Å². The lowest BCUT2D eigenvalue weighted by atomic mass is 10.00. The maximum Gasteiger partial charge on any atom is 0.274 e. The molecule has 0 aromatic heterocycles. The second-order valence-electron chi connectivity index (χ2n) is 6.14. The van der Waals surface area contributed by atoms with Gasteiger partial charge in [0.1, 0.15) is 5.69 Å². The molecule has 6 nitrogen and oxygen atoms in total. The first-order valence-corrected chi connectivity index (χ1v) is 10.0. The molecule has 0 radical (unpaired) electrons. The van der Waals surface area contributed by atoms with Crippen molar-refractivity contribution in [3.05, 3.63) is 83.4 Å². The van der Waals surface area contributed by atoms with Crippen LogP contribution in [0.25, 0.3) is 0 Å². The van der Waals surface area contributed by atoms with Crippen molar-refractivity contribution in [2.75, 3.05) is 6.26 Å². The highest BCUT2D eigenvalue weighted by Crippen LogP contribution is 2.41. The number of nitrogens with zero attached hydrogens (tertiary/aromatic N) is 1. The van der Waals surface area contributed by atoms with Crippen molar-refractivity contribution in [3.63, 3.8) is 0 Å². The van der Waals surface area contributed by atoms with Gasteiger partial charge in [0.15, 0.2) is 11.5 Å². The summed E-state index contributed by atoms with van der Waals surface area (Å²) in [6, 6.07) is 19.5. The molecule has 1 aliphatic heterocycles. The number of ether oxygens (including phenoxy) is 1. The number of hydrogen-bond donors (Lipinski definition) is 2. The Labute approximate surface area is 163 Å². The molecule has 0 saturated carbocycles. The van der Waals surface area contributed by atoms with Crippen molar-refractivity contribution in [2.24, 2.45) is 4.99 Å². The molecule has 1 amide bonds. The number of para-hydroxylation sites is 3. The molecule has 1 heterocycles. The normalized spacial score (nSPS) is 13.3. The van der Waals surface area contributed by atoms with Gasteiger partial charge in [0.05, 0.1) is 21.4 Å². The molecule has 0 saturated heterocycles. The standard InChI is InChI=1S/C21H16N2O4S/c1-28(26)18-8-4-5-15-19(13-9-11-14(12-10-13)21(24)23-25)22-16-6-2-3-7-17(16)27-20(15)18/h2-12,25H,1H3,(H,23,24). The van der Waals surface area contributed by atoms with Gasteiger partial charge < -0.3 is 4.74 Å². The van der Waals surface area contributed by atoms with E-state index in [2.05, 4.69) is 0 Å². The summed E-state index contributed by atoms with van der Waals surface area (Å²) in [5, 5.41) is 8.80. The molecule has 7 heteroatoms. The Hall–Kier alpha value is -3.29. The van der Waals surface area contributed by atoms with Gasteiger partial charge in [-0.3, -0.25) is 14.2 Å². The van der Waals surface area contributed by atoms with Crippen LogP contribution in [-0.2, 0) is 10.8 Å². The smallest absolute Gasteiger partial charge is 0.274 e. The minimum absolute atomic E-state index is 0.320. The monoisotopic (exact) mass is 392 g/mol. The van der Waals surface area contributed by atoms with E-state index in [1.165, 1.54) is 0 Å². The third kappa shape index (κ3) is 3.21. The molecule has 1 atom stereocenters. The van der Waals surface area contributed by atoms with Gasteiger partial charge in [-0.2, -0.15) is 0 Å². The highest BCUT2D eigenvalue weighted by atomic mass is 32.2. The van der Waals surface area contributed by atoms with Crippen LogP contribution in [0.3, 0.4) is 0 Å². The maximum absolute atomic E-state index is 12.3. The van der Waals surface area contributed by atoms with Gasteiger partial charge in [-0.05, 0) is 36.4 Å². The van der Waals surface area contributed by atoms with Crippen LogP contribution in [0.4, 0.5) is 5.69 Å². The summed E-state index contributed by atoms with van der Waals surface area (Å²) in [6.07, 6.45) is 1.61. The Bertz CT molecular complexity index is 1120. The number of carbonyl (C=O) groups is 1. The number of amides is 1. The van der Waals surface area contributed by atoms with Crippen molar-refractivity contribution in [3.8, 4) is 11.5 Å². The SMILES string of the molecule is CS(=O)c1cccc2c1Oc1ccccc1N=C2c1ccc(C(=O)NO)cc1. The number of fused-ring (bicyclic) bond motifs is 2. The van der Waals surface area contributed by atoms with Crippen molar-refractivity contribution >= 4 is 28.1 Å². The largest absolute Gasteiger partial charge is 0.453 e. The Balaban J connectivity index is 1.93. The van der Waals surface area contributed by atoms with Crippen molar-refractivity contribution in [2.45, 2.75) is 4.90 Å². The van der Waals surface area contributed by atoms with E-state index < -0.39 is 16.7 Å². The van der Waals surface area contributed by atoms with Crippen LogP contribution in [0, 0.1) is 0 Å². The lowest BCUT2D eigenvalue weighted by Gasteiger charge is -2.13. The molecule has 0 bridgehead atoms. The fraction of sp³-hybridized carbons (Fsp3) is 0.0476. The molecule has 140 valence electrons.